The van der Waals surface area contributed by atoms with Crippen LogP contribution in [0.2, 0.25) is 0 Å². The van der Waals surface area contributed by atoms with E-state index in [1.54, 1.807) is 24.3 Å². The third kappa shape index (κ3) is 4.65. The maximum absolute atomic E-state index is 13.5. The minimum Gasteiger partial charge on any atom is -0.395 e. The Bertz CT molecular complexity index is 1350. The van der Waals surface area contributed by atoms with E-state index >= 15 is 0 Å². The van der Waals surface area contributed by atoms with Crippen molar-refractivity contribution in [2.45, 2.75) is 65.1 Å². The highest BCUT2D eigenvalue weighted by atomic mass is 16.3. The highest BCUT2D eigenvalue weighted by Crippen LogP contribution is 2.49. The summed E-state index contributed by atoms with van der Waals surface area (Å²) in [6.45, 7) is 10.7. The van der Waals surface area contributed by atoms with Gasteiger partial charge in [-0.1, -0.05) is 25.1 Å². The number of Topliss-reactive ketones (excluding diaryl/α,β-unsaturated/α-hetero) is 1. The third-order valence-electron chi connectivity index (χ3n) is 7.71. The molecule has 0 amide bonds. The lowest BCUT2D eigenvalue weighted by molar-refractivity contribution is -0.0793. The normalized spacial score (nSPS) is 21.1. The van der Waals surface area contributed by atoms with Crippen molar-refractivity contribution in [1.82, 2.24) is 9.78 Å². The zero-order valence-corrected chi connectivity index (χ0v) is 22.2. The molecule has 1 aromatic heterocycles. The Morgan fingerprint density at radius 2 is 1.76 bits per heavy atom. The molecule has 2 aromatic carbocycles. The van der Waals surface area contributed by atoms with E-state index in [1.807, 2.05) is 39.8 Å². The second-order valence-electron chi connectivity index (χ2n) is 9.94. The average Bonchev–Trinajstić information content (AvgIpc) is 3.20. The van der Waals surface area contributed by atoms with Crippen molar-refractivity contribution in [3.63, 3.8) is 0 Å². The largest absolute Gasteiger partial charge is 0.395 e. The predicted molar refractivity (Wildman–Crippen MR) is 144 cm³/mol. The Balaban J connectivity index is 1.69. The molecule has 0 radical (unpaired) electrons. The molecule has 0 aliphatic heterocycles. The monoisotopic (exact) mass is 507 g/mol. The van der Waals surface area contributed by atoms with Crippen LogP contribution in [0.25, 0.3) is 5.69 Å². The number of benzene rings is 2. The van der Waals surface area contributed by atoms with Crippen LogP contribution >= 0.6 is 0 Å². The van der Waals surface area contributed by atoms with Gasteiger partial charge in [0.1, 0.15) is 0 Å². The van der Waals surface area contributed by atoms with Gasteiger partial charge in [0.05, 0.1) is 24.5 Å². The highest BCUT2D eigenvalue weighted by Gasteiger charge is 2.53. The number of aromatic amines is 1. The summed E-state index contributed by atoms with van der Waals surface area (Å²) in [6, 6.07) is 10.9. The number of aromatic nitrogens is 2. The predicted octanol–water partition coefficient (Wildman–Crippen LogP) is 2.97. The van der Waals surface area contributed by atoms with Crippen molar-refractivity contribution >= 4 is 11.5 Å². The number of carbonyl (C=O) groups is 1. The van der Waals surface area contributed by atoms with Crippen molar-refractivity contribution in [2.75, 3.05) is 24.6 Å². The zero-order valence-electron chi connectivity index (χ0n) is 22.2. The van der Waals surface area contributed by atoms with Crippen LogP contribution in [0.1, 0.15) is 70.9 Å². The highest BCUT2D eigenvalue weighted by molar-refractivity contribution is 5.94. The Labute approximate surface area is 217 Å². The summed E-state index contributed by atoms with van der Waals surface area (Å²) in [5.74, 6) is -1.33. The Hall–Kier alpha value is -3.20. The number of nitrogens with one attached hydrogen (secondary N) is 1. The third-order valence-corrected chi connectivity index (χ3v) is 7.71. The smallest absolute Gasteiger partial charge is 0.275 e. The number of likely N-dealkylation sites (N-methyl/N-ethyl adjacent to an activating group) is 1. The Morgan fingerprint density at radius 3 is 2.35 bits per heavy atom. The summed E-state index contributed by atoms with van der Waals surface area (Å²) in [5, 5.41) is 35.1. The molecule has 1 fully saturated rings. The minimum absolute atomic E-state index is 0.0583. The summed E-state index contributed by atoms with van der Waals surface area (Å²) in [4.78, 5) is 27.5. The molecule has 37 heavy (non-hydrogen) atoms. The van der Waals surface area contributed by atoms with Gasteiger partial charge < -0.3 is 20.2 Å². The molecule has 8 heteroatoms. The van der Waals surface area contributed by atoms with Crippen LogP contribution in [0.3, 0.4) is 0 Å². The maximum Gasteiger partial charge on any atom is 0.275 e. The first kappa shape index (κ1) is 26.9. The lowest BCUT2D eigenvalue weighted by Crippen LogP contribution is -2.53. The van der Waals surface area contributed by atoms with E-state index in [4.69, 9.17) is 0 Å². The lowest BCUT2D eigenvalue weighted by Gasteiger charge is -2.47. The van der Waals surface area contributed by atoms with E-state index in [0.717, 1.165) is 28.9 Å². The standard InChI is InChI=1S/C29H37N3O5/c1-6-22-25(29(37)32(30-22)20-10-8-9-19(15-20)18(5)34)26-27(35)24(28(26)36)21-13-17(4)23(14-16(21)3)31(7-2)11-12-33/h8-10,13-15,24,26-28,30,33,35-36H,6-7,11-12H2,1-5H3. The van der Waals surface area contributed by atoms with Crippen LogP contribution in [0.5, 0.6) is 0 Å². The molecule has 4 rings (SSSR count). The van der Waals surface area contributed by atoms with Gasteiger partial charge in [-0.05, 0) is 69.0 Å². The van der Waals surface area contributed by atoms with Crippen LogP contribution in [0.15, 0.2) is 41.2 Å². The molecule has 3 aromatic rings. The number of carbonyl (C=O) groups excluding carboxylic acids is 1. The second-order valence-corrected chi connectivity index (χ2v) is 9.94. The molecule has 1 aliphatic rings. The first-order valence-electron chi connectivity index (χ1n) is 12.9. The SMILES string of the molecule is CCc1[nH]n(-c2cccc(C(C)=O)c2)c(=O)c1C1C(O)C(c2cc(C)c(N(CC)CCO)cc2C)C1O. The first-order chi connectivity index (χ1) is 17.6. The molecule has 198 valence electrons. The quantitative estimate of drug-likeness (QED) is 0.331. The van der Waals surface area contributed by atoms with Crippen molar-refractivity contribution in [3.05, 3.63) is 80.3 Å². The van der Waals surface area contributed by atoms with E-state index in [2.05, 4.69) is 10.00 Å². The van der Waals surface area contributed by atoms with Gasteiger partial charge in [0.2, 0.25) is 0 Å². The molecule has 0 bridgehead atoms. The molecule has 0 saturated heterocycles. The van der Waals surface area contributed by atoms with Gasteiger partial charge in [0.25, 0.3) is 5.56 Å². The number of aliphatic hydroxyl groups excluding tert-OH is 3. The average molecular weight is 508 g/mol. The molecule has 8 nitrogen and oxygen atoms in total. The molecule has 2 atom stereocenters. The fourth-order valence-electron chi connectivity index (χ4n) is 5.66. The van der Waals surface area contributed by atoms with Gasteiger partial charge >= 0.3 is 0 Å². The van der Waals surface area contributed by atoms with E-state index in [1.165, 1.54) is 11.6 Å². The van der Waals surface area contributed by atoms with Gasteiger partial charge in [-0.2, -0.15) is 0 Å². The van der Waals surface area contributed by atoms with Crippen LogP contribution in [-0.2, 0) is 6.42 Å². The Kier molecular flexibility index (Phi) is 7.73. The molecule has 4 N–H and O–H groups in total. The zero-order chi connectivity index (χ0) is 27.0. The van der Waals surface area contributed by atoms with Crippen LogP contribution in [-0.4, -0.2) is 62.8 Å². The van der Waals surface area contributed by atoms with E-state index in [9.17, 15) is 24.9 Å². The fraction of sp³-hybridized carbons (Fsp3) is 0.448. The second kappa shape index (κ2) is 10.7. The van der Waals surface area contributed by atoms with E-state index in [0.29, 0.717) is 35.5 Å². The van der Waals surface area contributed by atoms with Crippen LogP contribution in [0, 0.1) is 13.8 Å². The number of hydrogen-bond acceptors (Lipinski definition) is 6. The van der Waals surface area contributed by atoms with Crippen molar-refractivity contribution in [3.8, 4) is 5.69 Å². The lowest BCUT2D eigenvalue weighted by atomic mass is 9.62. The fourth-order valence-corrected chi connectivity index (χ4v) is 5.66. The number of rotatable bonds is 9. The maximum atomic E-state index is 13.5. The number of ketones is 1. The van der Waals surface area contributed by atoms with E-state index in [-0.39, 0.29) is 17.9 Å². The van der Waals surface area contributed by atoms with Gasteiger partial charge in [-0.3, -0.25) is 14.7 Å². The molecule has 1 aliphatic carbocycles. The minimum atomic E-state index is -0.926. The van der Waals surface area contributed by atoms with E-state index < -0.39 is 24.0 Å². The molecule has 0 spiro atoms. The van der Waals surface area contributed by atoms with Crippen LogP contribution < -0.4 is 10.5 Å². The number of nitrogens with zero attached hydrogens (tertiary/aromatic N) is 2. The summed E-state index contributed by atoms with van der Waals surface area (Å²) < 4.78 is 1.39. The van der Waals surface area contributed by atoms with Crippen molar-refractivity contribution in [2.24, 2.45) is 0 Å². The summed E-state index contributed by atoms with van der Waals surface area (Å²) in [7, 11) is 0. The number of hydrogen-bond donors (Lipinski definition) is 4. The van der Waals surface area contributed by atoms with Crippen molar-refractivity contribution < 1.29 is 20.1 Å². The molecular formula is C29H37N3O5. The number of anilines is 1. The topological polar surface area (TPSA) is 119 Å². The molecule has 1 saturated carbocycles. The molecule has 2 unspecified atom stereocenters. The van der Waals surface area contributed by atoms with Crippen LogP contribution in [0.4, 0.5) is 5.69 Å². The first-order valence-corrected chi connectivity index (χ1v) is 12.9. The molecule has 1 heterocycles. The van der Waals surface area contributed by atoms with Gasteiger partial charge in [-0.25, -0.2) is 4.68 Å². The number of H-pyrrole nitrogens is 1. The number of aliphatic hydroxyl groups is 3. The summed E-state index contributed by atoms with van der Waals surface area (Å²) in [6.07, 6.45) is -1.33. The summed E-state index contributed by atoms with van der Waals surface area (Å²) >= 11 is 0. The summed E-state index contributed by atoms with van der Waals surface area (Å²) in [5.41, 5.74) is 5.58. The number of aryl methyl sites for hydroxylation is 3. The van der Waals surface area contributed by atoms with Crippen molar-refractivity contribution in [1.29, 1.82) is 0 Å². The molecular weight excluding hydrogens is 470 g/mol. The van der Waals surface area contributed by atoms with Gasteiger partial charge in [0, 0.05) is 47.4 Å². The Morgan fingerprint density at radius 1 is 1.05 bits per heavy atom. The van der Waals surface area contributed by atoms with Gasteiger partial charge in [-0.15, -0.1) is 0 Å². The van der Waals surface area contributed by atoms with Gasteiger partial charge in [0.15, 0.2) is 5.78 Å².